The molecule has 0 aliphatic heterocycles. The predicted molar refractivity (Wildman–Crippen MR) is 88.6 cm³/mol. The zero-order valence-electron chi connectivity index (χ0n) is 12.2. The van der Waals surface area contributed by atoms with Gasteiger partial charge in [-0.1, -0.05) is 30.3 Å². The third kappa shape index (κ3) is 4.50. The Balaban J connectivity index is 2.12. The van der Waals surface area contributed by atoms with Crippen LogP contribution in [0.15, 0.2) is 53.4 Å². The van der Waals surface area contributed by atoms with Crippen molar-refractivity contribution in [3.8, 4) is 0 Å². The number of carboxylic acid groups (broad SMARTS) is 1. The van der Waals surface area contributed by atoms with Gasteiger partial charge in [-0.25, -0.2) is 4.79 Å². The van der Waals surface area contributed by atoms with E-state index in [1.54, 1.807) is 17.8 Å². The number of carbonyl (C=O) groups is 1. The summed E-state index contributed by atoms with van der Waals surface area (Å²) in [7, 11) is 0. The van der Waals surface area contributed by atoms with E-state index in [0.29, 0.717) is 0 Å². The molecule has 0 aliphatic rings. The first-order valence-corrected chi connectivity index (χ1v) is 7.74. The lowest BCUT2D eigenvalue weighted by atomic mass is 10.1. The van der Waals surface area contributed by atoms with Gasteiger partial charge in [0.2, 0.25) is 0 Å². The van der Waals surface area contributed by atoms with Gasteiger partial charge in [0.25, 0.3) is 0 Å². The molecule has 0 radical (unpaired) electrons. The molecule has 2 rings (SSSR count). The number of benzene rings is 2. The van der Waals surface area contributed by atoms with Crippen LogP contribution in [0.25, 0.3) is 6.08 Å². The Morgan fingerprint density at radius 3 is 2.62 bits per heavy atom. The first kappa shape index (κ1) is 15.4. The van der Waals surface area contributed by atoms with Gasteiger partial charge < -0.3 is 5.11 Å². The molecule has 0 saturated heterocycles. The van der Waals surface area contributed by atoms with Crippen molar-refractivity contribution in [2.45, 2.75) is 24.5 Å². The molecule has 0 spiro atoms. The SMILES string of the molecule is Cc1ccc(SCc2ccccc2C=CC(=O)O)cc1C. The maximum atomic E-state index is 10.6. The minimum Gasteiger partial charge on any atom is -0.478 e. The van der Waals surface area contributed by atoms with Crippen LogP contribution in [-0.2, 0) is 10.5 Å². The molecule has 2 nitrogen and oxygen atoms in total. The Morgan fingerprint density at radius 1 is 1.14 bits per heavy atom. The summed E-state index contributed by atoms with van der Waals surface area (Å²) in [5, 5.41) is 8.74. The highest BCUT2D eigenvalue weighted by Crippen LogP contribution is 2.26. The molecular formula is C18H18O2S. The van der Waals surface area contributed by atoms with E-state index in [1.807, 2.05) is 24.3 Å². The summed E-state index contributed by atoms with van der Waals surface area (Å²) in [6.45, 7) is 4.22. The Hall–Kier alpha value is -2.00. The molecule has 0 atom stereocenters. The van der Waals surface area contributed by atoms with E-state index in [2.05, 4.69) is 32.0 Å². The van der Waals surface area contributed by atoms with Crippen molar-refractivity contribution in [1.82, 2.24) is 0 Å². The number of rotatable bonds is 5. The highest BCUT2D eigenvalue weighted by atomic mass is 32.2. The summed E-state index contributed by atoms with van der Waals surface area (Å²) in [5.41, 5.74) is 4.68. The van der Waals surface area contributed by atoms with Gasteiger partial charge in [0.15, 0.2) is 0 Å². The first-order valence-electron chi connectivity index (χ1n) is 6.75. The second-order valence-electron chi connectivity index (χ2n) is 4.91. The van der Waals surface area contributed by atoms with E-state index >= 15 is 0 Å². The van der Waals surface area contributed by atoms with Gasteiger partial charge in [-0.05, 0) is 54.3 Å². The maximum absolute atomic E-state index is 10.6. The van der Waals surface area contributed by atoms with E-state index < -0.39 is 5.97 Å². The van der Waals surface area contributed by atoms with Crippen molar-refractivity contribution >= 4 is 23.8 Å². The number of aliphatic carboxylic acids is 1. The minimum absolute atomic E-state index is 0.822. The highest BCUT2D eigenvalue weighted by molar-refractivity contribution is 7.98. The highest BCUT2D eigenvalue weighted by Gasteiger charge is 2.02. The second kappa shape index (κ2) is 7.14. The van der Waals surface area contributed by atoms with Crippen molar-refractivity contribution in [3.63, 3.8) is 0 Å². The summed E-state index contributed by atoms with van der Waals surface area (Å²) in [6, 6.07) is 14.3. The average Bonchev–Trinajstić information content (AvgIpc) is 2.47. The summed E-state index contributed by atoms with van der Waals surface area (Å²) < 4.78 is 0. The number of carboxylic acids is 1. The zero-order valence-corrected chi connectivity index (χ0v) is 13.0. The van der Waals surface area contributed by atoms with E-state index in [1.165, 1.54) is 22.1 Å². The largest absolute Gasteiger partial charge is 0.478 e. The van der Waals surface area contributed by atoms with Crippen LogP contribution in [0.3, 0.4) is 0 Å². The third-order valence-corrected chi connectivity index (χ3v) is 4.38. The summed E-state index contributed by atoms with van der Waals surface area (Å²) in [6.07, 6.45) is 2.83. The molecule has 3 heteroatoms. The summed E-state index contributed by atoms with van der Waals surface area (Å²) in [5.74, 6) is -0.102. The molecule has 0 heterocycles. The fourth-order valence-corrected chi connectivity index (χ4v) is 2.96. The number of thioether (sulfide) groups is 1. The standard InChI is InChI=1S/C18H18O2S/c1-13-7-9-17(11-14(13)2)21-12-16-6-4-3-5-15(16)8-10-18(19)20/h3-11H,12H2,1-2H3,(H,19,20). The third-order valence-electron chi connectivity index (χ3n) is 3.33. The fourth-order valence-electron chi connectivity index (χ4n) is 1.95. The van der Waals surface area contributed by atoms with E-state index in [-0.39, 0.29) is 0 Å². The van der Waals surface area contributed by atoms with E-state index in [9.17, 15) is 4.79 Å². The van der Waals surface area contributed by atoms with Crippen molar-refractivity contribution < 1.29 is 9.90 Å². The van der Waals surface area contributed by atoms with Gasteiger partial charge >= 0.3 is 5.97 Å². The number of hydrogen-bond donors (Lipinski definition) is 1. The quantitative estimate of drug-likeness (QED) is 0.642. The molecule has 0 fully saturated rings. The lowest BCUT2D eigenvalue weighted by Crippen LogP contribution is -1.89. The molecular weight excluding hydrogens is 280 g/mol. The predicted octanol–water partition coefficient (Wildman–Crippen LogP) is 4.69. The molecule has 0 saturated carbocycles. The van der Waals surface area contributed by atoms with Crippen molar-refractivity contribution in [1.29, 1.82) is 0 Å². The van der Waals surface area contributed by atoms with Crippen LogP contribution >= 0.6 is 11.8 Å². The Morgan fingerprint density at radius 2 is 1.90 bits per heavy atom. The minimum atomic E-state index is -0.924. The lowest BCUT2D eigenvalue weighted by molar-refractivity contribution is -0.131. The summed E-state index contributed by atoms with van der Waals surface area (Å²) in [4.78, 5) is 11.9. The molecule has 0 aromatic heterocycles. The van der Waals surface area contributed by atoms with Gasteiger partial charge in [-0.15, -0.1) is 11.8 Å². The molecule has 108 valence electrons. The van der Waals surface area contributed by atoms with E-state index in [4.69, 9.17) is 5.11 Å². The van der Waals surface area contributed by atoms with Gasteiger partial charge in [0.05, 0.1) is 0 Å². The normalized spacial score (nSPS) is 11.0. The van der Waals surface area contributed by atoms with Gasteiger partial charge in [-0.2, -0.15) is 0 Å². The molecule has 0 amide bonds. The van der Waals surface area contributed by atoms with Gasteiger partial charge in [0, 0.05) is 16.7 Å². The molecule has 0 aliphatic carbocycles. The average molecular weight is 298 g/mol. The first-order chi connectivity index (χ1) is 10.1. The van der Waals surface area contributed by atoms with Crippen LogP contribution in [0.5, 0.6) is 0 Å². The summed E-state index contributed by atoms with van der Waals surface area (Å²) >= 11 is 1.76. The molecule has 1 N–H and O–H groups in total. The molecule has 21 heavy (non-hydrogen) atoms. The van der Waals surface area contributed by atoms with E-state index in [0.717, 1.165) is 16.9 Å². The Bertz CT molecular complexity index is 675. The number of aryl methyl sites for hydroxylation is 2. The van der Waals surface area contributed by atoms with Crippen molar-refractivity contribution in [2.75, 3.05) is 0 Å². The molecule has 2 aromatic carbocycles. The van der Waals surface area contributed by atoms with Gasteiger partial charge in [-0.3, -0.25) is 0 Å². The van der Waals surface area contributed by atoms with Crippen LogP contribution in [0.4, 0.5) is 0 Å². The topological polar surface area (TPSA) is 37.3 Å². The monoisotopic (exact) mass is 298 g/mol. The van der Waals surface area contributed by atoms with Gasteiger partial charge in [0.1, 0.15) is 0 Å². The molecule has 0 unspecified atom stereocenters. The number of hydrogen-bond acceptors (Lipinski definition) is 2. The van der Waals surface area contributed by atoms with Crippen LogP contribution in [-0.4, -0.2) is 11.1 Å². The smallest absolute Gasteiger partial charge is 0.328 e. The van der Waals surface area contributed by atoms with Crippen molar-refractivity contribution in [2.24, 2.45) is 0 Å². The van der Waals surface area contributed by atoms with Crippen LogP contribution in [0.1, 0.15) is 22.3 Å². The maximum Gasteiger partial charge on any atom is 0.328 e. The van der Waals surface area contributed by atoms with Crippen LogP contribution in [0, 0.1) is 13.8 Å². The van der Waals surface area contributed by atoms with Crippen LogP contribution in [0.2, 0.25) is 0 Å². The Kier molecular flexibility index (Phi) is 5.23. The lowest BCUT2D eigenvalue weighted by Gasteiger charge is -2.07. The van der Waals surface area contributed by atoms with Crippen LogP contribution < -0.4 is 0 Å². The molecule has 0 bridgehead atoms. The fraction of sp³-hybridized carbons (Fsp3) is 0.167. The Labute approximate surface area is 129 Å². The second-order valence-corrected chi connectivity index (χ2v) is 5.95. The van der Waals surface area contributed by atoms with Crippen molar-refractivity contribution in [3.05, 3.63) is 70.8 Å². The molecule has 2 aromatic rings. The zero-order chi connectivity index (χ0) is 15.2.